The SMILES string of the molecule is COc1cccc(C(C)NC(=S)NCc2ccc(C)cc2)c1. The molecule has 2 rings (SSSR count). The Hall–Kier alpha value is -2.07. The predicted octanol–water partition coefficient (Wildman–Crippen LogP) is 3.73. The number of thiocarbonyl (C=S) groups is 1. The molecule has 0 bridgehead atoms. The third-order valence-corrected chi connectivity index (χ3v) is 3.78. The standard InChI is InChI=1S/C18H22N2OS/c1-13-7-9-15(10-8-13)12-19-18(22)20-14(2)16-5-4-6-17(11-16)21-3/h4-11,14H,12H2,1-3H3,(H2,19,20,22). The molecule has 22 heavy (non-hydrogen) atoms. The van der Waals surface area contributed by atoms with Crippen molar-refractivity contribution in [3.8, 4) is 5.75 Å². The van der Waals surface area contributed by atoms with Gasteiger partial charge in [-0.3, -0.25) is 0 Å². The fraction of sp³-hybridized carbons (Fsp3) is 0.278. The minimum absolute atomic E-state index is 0.119. The van der Waals surface area contributed by atoms with Gasteiger partial charge in [-0.1, -0.05) is 42.0 Å². The topological polar surface area (TPSA) is 33.3 Å². The Morgan fingerprint density at radius 1 is 1.18 bits per heavy atom. The van der Waals surface area contributed by atoms with Gasteiger partial charge in [0.2, 0.25) is 0 Å². The first kappa shape index (κ1) is 16.3. The summed E-state index contributed by atoms with van der Waals surface area (Å²) in [6.45, 7) is 4.88. The summed E-state index contributed by atoms with van der Waals surface area (Å²) < 4.78 is 5.25. The predicted molar refractivity (Wildman–Crippen MR) is 95.2 cm³/mol. The van der Waals surface area contributed by atoms with Crippen LogP contribution < -0.4 is 15.4 Å². The number of aryl methyl sites for hydroxylation is 1. The molecule has 0 aliphatic carbocycles. The van der Waals surface area contributed by atoms with Gasteiger partial charge in [0.1, 0.15) is 5.75 Å². The van der Waals surface area contributed by atoms with Gasteiger partial charge >= 0.3 is 0 Å². The van der Waals surface area contributed by atoms with Crippen LogP contribution in [0.3, 0.4) is 0 Å². The van der Waals surface area contributed by atoms with E-state index >= 15 is 0 Å². The highest BCUT2D eigenvalue weighted by Crippen LogP contribution is 2.18. The summed E-state index contributed by atoms with van der Waals surface area (Å²) in [5.74, 6) is 0.852. The maximum absolute atomic E-state index is 5.36. The molecule has 0 fully saturated rings. The van der Waals surface area contributed by atoms with Crippen LogP contribution in [0.2, 0.25) is 0 Å². The maximum Gasteiger partial charge on any atom is 0.167 e. The molecule has 116 valence electrons. The lowest BCUT2D eigenvalue weighted by Gasteiger charge is -2.18. The second kappa shape index (κ2) is 7.80. The highest BCUT2D eigenvalue weighted by molar-refractivity contribution is 7.80. The molecule has 0 saturated carbocycles. The number of nitrogens with one attached hydrogen (secondary N) is 2. The monoisotopic (exact) mass is 314 g/mol. The zero-order valence-electron chi connectivity index (χ0n) is 13.2. The first-order chi connectivity index (χ1) is 10.6. The van der Waals surface area contributed by atoms with E-state index in [2.05, 4.69) is 54.8 Å². The van der Waals surface area contributed by atoms with Crippen molar-refractivity contribution in [3.05, 3.63) is 65.2 Å². The van der Waals surface area contributed by atoms with E-state index in [1.807, 2.05) is 18.2 Å². The second-order valence-electron chi connectivity index (χ2n) is 5.31. The van der Waals surface area contributed by atoms with Crippen molar-refractivity contribution in [1.29, 1.82) is 0 Å². The Kier molecular flexibility index (Phi) is 5.78. The van der Waals surface area contributed by atoms with Gasteiger partial charge in [0.25, 0.3) is 0 Å². The summed E-state index contributed by atoms with van der Waals surface area (Å²) in [6.07, 6.45) is 0. The number of ether oxygens (including phenoxy) is 1. The molecular formula is C18H22N2OS. The lowest BCUT2D eigenvalue weighted by atomic mass is 10.1. The first-order valence-electron chi connectivity index (χ1n) is 7.32. The van der Waals surface area contributed by atoms with Crippen LogP contribution in [-0.4, -0.2) is 12.2 Å². The van der Waals surface area contributed by atoms with Crippen LogP contribution >= 0.6 is 12.2 Å². The molecule has 0 radical (unpaired) electrons. The molecule has 2 aromatic carbocycles. The van der Waals surface area contributed by atoms with Crippen molar-refractivity contribution in [1.82, 2.24) is 10.6 Å². The summed E-state index contributed by atoms with van der Waals surface area (Å²) >= 11 is 5.36. The van der Waals surface area contributed by atoms with Crippen LogP contribution in [0.1, 0.15) is 29.7 Å². The van der Waals surface area contributed by atoms with Crippen molar-refractivity contribution < 1.29 is 4.74 Å². The molecule has 4 heteroatoms. The molecule has 0 aliphatic rings. The van der Waals surface area contributed by atoms with Crippen LogP contribution in [0.4, 0.5) is 0 Å². The van der Waals surface area contributed by atoms with E-state index in [1.54, 1.807) is 7.11 Å². The van der Waals surface area contributed by atoms with Crippen molar-refractivity contribution in [2.75, 3.05) is 7.11 Å². The van der Waals surface area contributed by atoms with Crippen LogP contribution in [-0.2, 0) is 6.54 Å². The Balaban J connectivity index is 1.86. The number of methoxy groups -OCH3 is 1. The zero-order valence-corrected chi connectivity index (χ0v) is 14.0. The van der Waals surface area contributed by atoms with Gasteiger partial charge < -0.3 is 15.4 Å². The fourth-order valence-corrected chi connectivity index (χ4v) is 2.38. The molecule has 0 saturated heterocycles. The Bertz CT molecular complexity index is 625. The van der Waals surface area contributed by atoms with Crippen molar-refractivity contribution in [2.45, 2.75) is 26.4 Å². The second-order valence-corrected chi connectivity index (χ2v) is 5.72. The van der Waals surface area contributed by atoms with Crippen molar-refractivity contribution in [3.63, 3.8) is 0 Å². The Labute approximate surface area is 137 Å². The zero-order chi connectivity index (χ0) is 15.9. The summed E-state index contributed by atoms with van der Waals surface area (Å²) in [6, 6.07) is 16.5. The van der Waals surface area contributed by atoms with Gasteiger partial charge in [-0.15, -0.1) is 0 Å². The van der Waals surface area contributed by atoms with E-state index in [-0.39, 0.29) is 6.04 Å². The van der Waals surface area contributed by atoms with Crippen molar-refractivity contribution in [2.24, 2.45) is 0 Å². The Morgan fingerprint density at radius 2 is 1.91 bits per heavy atom. The molecule has 0 aromatic heterocycles. The number of hydrogen-bond acceptors (Lipinski definition) is 2. The number of rotatable bonds is 5. The van der Waals surface area contributed by atoms with Gasteiger partial charge in [0.05, 0.1) is 13.2 Å². The average molecular weight is 314 g/mol. The number of benzene rings is 2. The highest BCUT2D eigenvalue weighted by Gasteiger charge is 2.07. The number of hydrogen-bond donors (Lipinski definition) is 2. The fourth-order valence-electron chi connectivity index (χ4n) is 2.13. The third-order valence-electron chi connectivity index (χ3n) is 3.52. The summed E-state index contributed by atoms with van der Waals surface area (Å²) in [7, 11) is 1.67. The minimum atomic E-state index is 0.119. The molecule has 2 N–H and O–H groups in total. The summed E-state index contributed by atoms with van der Waals surface area (Å²) in [5.41, 5.74) is 3.61. The van der Waals surface area contributed by atoms with Gasteiger partial charge in [-0.05, 0) is 49.3 Å². The van der Waals surface area contributed by atoms with E-state index in [0.717, 1.165) is 17.9 Å². The average Bonchev–Trinajstić information content (AvgIpc) is 2.54. The molecule has 1 unspecified atom stereocenters. The molecule has 0 aliphatic heterocycles. The summed E-state index contributed by atoms with van der Waals surface area (Å²) in [4.78, 5) is 0. The maximum atomic E-state index is 5.36. The third kappa shape index (κ3) is 4.74. The van der Waals surface area contributed by atoms with E-state index in [0.29, 0.717) is 5.11 Å². The molecule has 2 aromatic rings. The normalized spacial score (nSPS) is 11.6. The van der Waals surface area contributed by atoms with Crippen molar-refractivity contribution >= 4 is 17.3 Å². The van der Waals surface area contributed by atoms with Gasteiger partial charge in [0.15, 0.2) is 5.11 Å². The largest absolute Gasteiger partial charge is 0.497 e. The molecule has 0 amide bonds. The van der Waals surface area contributed by atoms with Gasteiger partial charge in [0, 0.05) is 6.54 Å². The quantitative estimate of drug-likeness (QED) is 0.824. The molecule has 1 atom stereocenters. The Morgan fingerprint density at radius 3 is 2.59 bits per heavy atom. The molecule has 3 nitrogen and oxygen atoms in total. The lowest BCUT2D eigenvalue weighted by molar-refractivity contribution is 0.413. The smallest absolute Gasteiger partial charge is 0.167 e. The lowest BCUT2D eigenvalue weighted by Crippen LogP contribution is -2.36. The molecular weight excluding hydrogens is 292 g/mol. The molecule has 0 heterocycles. The molecule has 0 spiro atoms. The highest BCUT2D eigenvalue weighted by atomic mass is 32.1. The minimum Gasteiger partial charge on any atom is -0.497 e. The first-order valence-corrected chi connectivity index (χ1v) is 7.73. The van der Waals surface area contributed by atoms with Crippen LogP contribution in [0.25, 0.3) is 0 Å². The van der Waals surface area contributed by atoms with Gasteiger partial charge in [-0.25, -0.2) is 0 Å². The van der Waals surface area contributed by atoms with E-state index in [9.17, 15) is 0 Å². The van der Waals surface area contributed by atoms with Crippen LogP contribution in [0.15, 0.2) is 48.5 Å². The van der Waals surface area contributed by atoms with E-state index < -0.39 is 0 Å². The van der Waals surface area contributed by atoms with E-state index in [4.69, 9.17) is 17.0 Å². The van der Waals surface area contributed by atoms with Crippen LogP contribution in [0, 0.1) is 6.92 Å². The van der Waals surface area contributed by atoms with Gasteiger partial charge in [-0.2, -0.15) is 0 Å². The van der Waals surface area contributed by atoms with Crippen LogP contribution in [0.5, 0.6) is 5.75 Å². The summed E-state index contributed by atoms with van der Waals surface area (Å²) in [5, 5.41) is 7.18. The van der Waals surface area contributed by atoms with E-state index in [1.165, 1.54) is 11.1 Å².